The average molecular weight is 321 g/mol. The highest BCUT2D eigenvalue weighted by atomic mass is 79.9. The first-order valence-electron chi connectivity index (χ1n) is 6.03. The van der Waals surface area contributed by atoms with Crippen LogP contribution >= 0.6 is 15.9 Å². The second-order valence-electron chi connectivity index (χ2n) is 4.31. The summed E-state index contributed by atoms with van der Waals surface area (Å²) in [7, 11) is 1.65. The van der Waals surface area contributed by atoms with Crippen molar-refractivity contribution in [2.75, 3.05) is 7.11 Å². The van der Waals surface area contributed by atoms with Crippen molar-refractivity contribution in [2.45, 2.75) is 12.6 Å². The minimum atomic E-state index is -0.237. The van der Waals surface area contributed by atoms with Gasteiger partial charge in [0.15, 0.2) is 0 Å². The molecule has 0 aliphatic rings. The maximum absolute atomic E-state index is 6.34. The van der Waals surface area contributed by atoms with E-state index in [2.05, 4.69) is 15.9 Å². The van der Waals surface area contributed by atoms with Crippen LogP contribution in [0.3, 0.4) is 0 Å². The summed E-state index contributed by atoms with van der Waals surface area (Å²) in [5.74, 6) is 0.786. The summed E-state index contributed by atoms with van der Waals surface area (Å²) in [4.78, 5) is 0. The van der Waals surface area contributed by atoms with Gasteiger partial charge < -0.3 is 16.2 Å². The van der Waals surface area contributed by atoms with Crippen LogP contribution < -0.4 is 16.2 Å². The van der Waals surface area contributed by atoms with Gasteiger partial charge in [0.2, 0.25) is 0 Å². The molecule has 19 heavy (non-hydrogen) atoms. The molecule has 0 saturated heterocycles. The van der Waals surface area contributed by atoms with Gasteiger partial charge in [-0.15, -0.1) is 0 Å². The van der Waals surface area contributed by atoms with Gasteiger partial charge in [-0.3, -0.25) is 0 Å². The molecule has 3 nitrogen and oxygen atoms in total. The van der Waals surface area contributed by atoms with E-state index in [1.165, 1.54) is 0 Å². The van der Waals surface area contributed by atoms with Crippen LogP contribution in [0.25, 0.3) is 0 Å². The van der Waals surface area contributed by atoms with Gasteiger partial charge in [0.05, 0.1) is 13.2 Å². The summed E-state index contributed by atoms with van der Waals surface area (Å²) in [5.41, 5.74) is 15.1. The molecule has 0 aromatic heterocycles. The molecule has 1 unspecified atom stereocenters. The molecule has 0 spiro atoms. The van der Waals surface area contributed by atoms with Crippen molar-refractivity contribution < 1.29 is 4.74 Å². The van der Waals surface area contributed by atoms with Crippen LogP contribution in [0.5, 0.6) is 5.75 Å². The van der Waals surface area contributed by atoms with Gasteiger partial charge in [-0.1, -0.05) is 40.2 Å². The lowest BCUT2D eigenvalue weighted by Crippen LogP contribution is -2.13. The molecule has 0 heterocycles. The highest BCUT2D eigenvalue weighted by Crippen LogP contribution is 2.31. The SMILES string of the molecule is COc1ccc(Br)cc1C(N)c1cccc(CN)c1. The first-order valence-corrected chi connectivity index (χ1v) is 6.83. The molecule has 100 valence electrons. The molecule has 2 rings (SSSR count). The van der Waals surface area contributed by atoms with Gasteiger partial charge in [0.25, 0.3) is 0 Å². The number of nitrogens with two attached hydrogens (primary N) is 2. The van der Waals surface area contributed by atoms with Gasteiger partial charge >= 0.3 is 0 Å². The molecule has 1 atom stereocenters. The Balaban J connectivity index is 2.42. The minimum Gasteiger partial charge on any atom is -0.496 e. The zero-order valence-electron chi connectivity index (χ0n) is 10.8. The van der Waals surface area contributed by atoms with Gasteiger partial charge in [-0.2, -0.15) is 0 Å². The van der Waals surface area contributed by atoms with Gasteiger partial charge in [-0.25, -0.2) is 0 Å². The van der Waals surface area contributed by atoms with E-state index in [9.17, 15) is 0 Å². The standard InChI is InChI=1S/C15H17BrN2O/c1-19-14-6-5-12(16)8-13(14)15(18)11-4-2-3-10(7-11)9-17/h2-8,15H,9,17-18H2,1H3. The summed E-state index contributed by atoms with van der Waals surface area (Å²) >= 11 is 3.46. The average Bonchev–Trinajstić information content (AvgIpc) is 2.46. The van der Waals surface area contributed by atoms with Crippen molar-refractivity contribution in [3.63, 3.8) is 0 Å². The number of benzene rings is 2. The number of ether oxygens (including phenoxy) is 1. The summed E-state index contributed by atoms with van der Waals surface area (Å²) in [6.07, 6.45) is 0. The van der Waals surface area contributed by atoms with Crippen molar-refractivity contribution in [3.05, 3.63) is 63.6 Å². The van der Waals surface area contributed by atoms with E-state index >= 15 is 0 Å². The Morgan fingerprint density at radius 2 is 2.00 bits per heavy atom. The predicted molar refractivity (Wildman–Crippen MR) is 81.1 cm³/mol. The number of methoxy groups -OCH3 is 1. The largest absolute Gasteiger partial charge is 0.496 e. The molecule has 2 aromatic carbocycles. The van der Waals surface area contributed by atoms with Crippen LogP contribution in [-0.2, 0) is 6.54 Å². The smallest absolute Gasteiger partial charge is 0.124 e. The fraction of sp³-hybridized carbons (Fsp3) is 0.200. The minimum absolute atomic E-state index is 0.237. The second-order valence-corrected chi connectivity index (χ2v) is 5.23. The predicted octanol–water partition coefficient (Wildman–Crippen LogP) is 2.96. The fourth-order valence-electron chi connectivity index (χ4n) is 2.04. The Bertz CT molecular complexity index is 572. The van der Waals surface area contributed by atoms with Crippen LogP contribution in [0.2, 0.25) is 0 Å². The van der Waals surface area contributed by atoms with E-state index in [-0.39, 0.29) is 6.04 Å². The number of hydrogen-bond acceptors (Lipinski definition) is 3. The van der Waals surface area contributed by atoms with Crippen molar-refractivity contribution in [3.8, 4) is 5.75 Å². The third kappa shape index (κ3) is 3.15. The Morgan fingerprint density at radius 3 is 2.68 bits per heavy atom. The summed E-state index contributed by atoms with van der Waals surface area (Å²) in [6.45, 7) is 0.510. The highest BCUT2D eigenvalue weighted by molar-refractivity contribution is 9.10. The Kier molecular flexibility index (Phi) is 4.58. The van der Waals surface area contributed by atoms with Crippen molar-refractivity contribution in [1.29, 1.82) is 0 Å². The van der Waals surface area contributed by atoms with Crippen LogP contribution in [0, 0.1) is 0 Å². The molecule has 0 aliphatic carbocycles. The maximum atomic E-state index is 6.34. The van der Waals surface area contributed by atoms with Crippen LogP contribution in [-0.4, -0.2) is 7.11 Å². The normalized spacial score (nSPS) is 12.2. The quantitative estimate of drug-likeness (QED) is 0.910. The van der Waals surface area contributed by atoms with Crippen molar-refractivity contribution in [1.82, 2.24) is 0 Å². The fourth-order valence-corrected chi connectivity index (χ4v) is 2.42. The van der Waals surface area contributed by atoms with E-state index in [0.717, 1.165) is 26.9 Å². The summed E-state index contributed by atoms with van der Waals surface area (Å²) in [5, 5.41) is 0. The molecule has 0 fully saturated rings. The van der Waals surface area contributed by atoms with Crippen LogP contribution in [0.4, 0.5) is 0 Å². The third-order valence-electron chi connectivity index (χ3n) is 3.07. The molecule has 2 aromatic rings. The third-order valence-corrected chi connectivity index (χ3v) is 3.57. The Hall–Kier alpha value is -1.36. The molecule has 0 radical (unpaired) electrons. The number of rotatable bonds is 4. The lowest BCUT2D eigenvalue weighted by atomic mass is 9.97. The molecule has 0 amide bonds. The summed E-state index contributed by atoms with van der Waals surface area (Å²) in [6, 6.07) is 13.6. The lowest BCUT2D eigenvalue weighted by molar-refractivity contribution is 0.407. The van der Waals surface area contributed by atoms with E-state index in [0.29, 0.717) is 6.54 Å². The van der Waals surface area contributed by atoms with Gasteiger partial charge in [0, 0.05) is 16.6 Å². The zero-order valence-corrected chi connectivity index (χ0v) is 12.4. The summed E-state index contributed by atoms with van der Waals surface area (Å²) < 4.78 is 6.35. The topological polar surface area (TPSA) is 61.3 Å². The van der Waals surface area contributed by atoms with E-state index in [4.69, 9.17) is 16.2 Å². The van der Waals surface area contributed by atoms with Crippen molar-refractivity contribution in [2.24, 2.45) is 11.5 Å². The molecule has 0 bridgehead atoms. The Morgan fingerprint density at radius 1 is 1.21 bits per heavy atom. The molecule has 0 aliphatic heterocycles. The molecule has 0 saturated carbocycles. The number of hydrogen-bond donors (Lipinski definition) is 2. The van der Waals surface area contributed by atoms with Crippen LogP contribution in [0.1, 0.15) is 22.7 Å². The van der Waals surface area contributed by atoms with E-state index < -0.39 is 0 Å². The lowest BCUT2D eigenvalue weighted by Gasteiger charge is -2.17. The molecular formula is C15H17BrN2O. The maximum Gasteiger partial charge on any atom is 0.124 e. The first-order chi connectivity index (χ1) is 9.15. The monoisotopic (exact) mass is 320 g/mol. The molecule has 4 N–H and O–H groups in total. The van der Waals surface area contributed by atoms with Crippen molar-refractivity contribution >= 4 is 15.9 Å². The second kappa shape index (κ2) is 6.19. The highest BCUT2D eigenvalue weighted by Gasteiger charge is 2.14. The first kappa shape index (κ1) is 14.1. The van der Waals surface area contributed by atoms with Gasteiger partial charge in [-0.05, 0) is 29.3 Å². The zero-order chi connectivity index (χ0) is 13.8. The van der Waals surface area contributed by atoms with E-state index in [1.807, 2.05) is 42.5 Å². The van der Waals surface area contributed by atoms with Crippen LogP contribution in [0.15, 0.2) is 46.9 Å². The van der Waals surface area contributed by atoms with Gasteiger partial charge in [0.1, 0.15) is 5.75 Å². The molecule has 4 heteroatoms. The Labute approximate surface area is 121 Å². The van der Waals surface area contributed by atoms with E-state index in [1.54, 1.807) is 7.11 Å². The number of halogens is 1. The molecular weight excluding hydrogens is 304 g/mol.